The van der Waals surface area contributed by atoms with E-state index in [9.17, 15) is 0 Å². The van der Waals surface area contributed by atoms with Crippen LogP contribution in [0.15, 0.2) is 22.3 Å². The van der Waals surface area contributed by atoms with Crippen molar-refractivity contribution in [1.82, 2.24) is 4.98 Å². The molecule has 0 fully saturated rings. The third-order valence-electron chi connectivity index (χ3n) is 1.87. The van der Waals surface area contributed by atoms with Gasteiger partial charge in [-0.15, -0.1) is 11.3 Å². The van der Waals surface area contributed by atoms with E-state index in [1.165, 1.54) is 6.39 Å². The van der Waals surface area contributed by atoms with Crippen molar-refractivity contribution in [2.45, 2.75) is 6.54 Å². The Balaban J connectivity index is 2.38. The molecule has 2 aromatic rings. The minimum absolute atomic E-state index is 0.381. The predicted molar refractivity (Wildman–Crippen MR) is 54.3 cm³/mol. The van der Waals surface area contributed by atoms with Gasteiger partial charge in [0.15, 0.2) is 12.2 Å². The molecule has 0 atom stereocenters. The zero-order valence-electron chi connectivity index (χ0n) is 7.69. The molecule has 0 unspecified atom stereocenters. The molecule has 74 valence electrons. The predicted octanol–water partition coefficient (Wildman–Crippen LogP) is 1.87. The minimum Gasteiger partial charge on any atom is -0.496 e. The van der Waals surface area contributed by atoms with Crippen molar-refractivity contribution < 1.29 is 9.15 Å². The van der Waals surface area contributed by atoms with Gasteiger partial charge in [0.25, 0.3) is 0 Å². The van der Waals surface area contributed by atoms with Crippen molar-refractivity contribution in [3.8, 4) is 16.4 Å². The molecule has 4 nitrogen and oxygen atoms in total. The summed E-state index contributed by atoms with van der Waals surface area (Å²) in [5.41, 5.74) is 6.30. The molecule has 0 saturated carbocycles. The summed E-state index contributed by atoms with van der Waals surface area (Å²) in [5, 5.41) is 1.91. The van der Waals surface area contributed by atoms with Gasteiger partial charge in [-0.05, 0) is 0 Å². The normalized spacial score (nSPS) is 10.4. The fourth-order valence-electron chi connectivity index (χ4n) is 1.16. The van der Waals surface area contributed by atoms with Gasteiger partial charge in [-0.3, -0.25) is 0 Å². The first-order valence-electron chi connectivity index (χ1n) is 4.10. The van der Waals surface area contributed by atoms with E-state index >= 15 is 0 Å². The number of hydrogen-bond acceptors (Lipinski definition) is 5. The van der Waals surface area contributed by atoms with E-state index in [-0.39, 0.29) is 0 Å². The van der Waals surface area contributed by atoms with Crippen molar-refractivity contribution in [2.75, 3.05) is 7.11 Å². The summed E-state index contributed by atoms with van der Waals surface area (Å²) in [4.78, 5) is 5.01. The van der Waals surface area contributed by atoms with Gasteiger partial charge in [0.05, 0.1) is 12.0 Å². The second kappa shape index (κ2) is 3.81. The average molecular weight is 210 g/mol. The maximum Gasteiger partial charge on any atom is 0.181 e. The molecule has 0 aliphatic carbocycles. The number of thiophene rings is 1. The summed E-state index contributed by atoms with van der Waals surface area (Å²) >= 11 is 1.55. The SMILES string of the molecule is COc1csc(-c2ocnc2CN)c1. The van der Waals surface area contributed by atoms with Gasteiger partial charge in [-0.1, -0.05) is 0 Å². The molecule has 0 saturated heterocycles. The lowest BCUT2D eigenvalue weighted by Crippen LogP contribution is -1.97. The smallest absolute Gasteiger partial charge is 0.181 e. The fourth-order valence-corrected chi connectivity index (χ4v) is 2.02. The Morgan fingerprint density at radius 3 is 3.14 bits per heavy atom. The molecule has 5 heteroatoms. The summed E-state index contributed by atoms with van der Waals surface area (Å²) < 4.78 is 10.3. The first-order chi connectivity index (χ1) is 6.85. The van der Waals surface area contributed by atoms with E-state index in [2.05, 4.69) is 4.98 Å². The number of hydrogen-bond donors (Lipinski definition) is 1. The molecule has 0 spiro atoms. The summed E-state index contributed by atoms with van der Waals surface area (Å²) in [6.07, 6.45) is 1.41. The molecule has 0 aliphatic heterocycles. The lowest BCUT2D eigenvalue weighted by atomic mass is 10.3. The Kier molecular flexibility index (Phi) is 2.51. The third-order valence-corrected chi connectivity index (χ3v) is 2.78. The quantitative estimate of drug-likeness (QED) is 0.840. The highest BCUT2D eigenvalue weighted by Gasteiger charge is 2.11. The fraction of sp³-hybridized carbons (Fsp3) is 0.222. The lowest BCUT2D eigenvalue weighted by Gasteiger charge is -1.93. The molecule has 0 amide bonds. The zero-order chi connectivity index (χ0) is 9.97. The van der Waals surface area contributed by atoms with Crippen molar-refractivity contribution in [1.29, 1.82) is 0 Å². The van der Waals surface area contributed by atoms with E-state index in [4.69, 9.17) is 14.9 Å². The molecule has 2 N–H and O–H groups in total. The second-order valence-corrected chi connectivity index (χ2v) is 3.59. The maximum absolute atomic E-state index is 5.52. The number of oxazole rings is 1. The van der Waals surface area contributed by atoms with Crippen LogP contribution in [0.1, 0.15) is 5.69 Å². The van der Waals surface area contributed by atoms with E-state index in [1.807, 2.05) is 11.4 Å². The van der Waals surface area contributed by atoms with Crippen molar-refractivity contribution >= 4 is 11.3 Å². The lowest BCUT2D eigenvalue weighted by molar-refractivity contribution is 0.416. The first-order valence-corrected chi connectivity index (χ1v) is 4.98. The van der Waals surface area contributed by atoms with E-state index in [0.29, 0.717) is 6.54 Å². The van der Waals surface area contributed by atoms with Gasteiger partial charge in [-0.2, -0.15) is 0 Å². The topological polar surface area (TPSA) is 61.3 Å². The van der Waals surface area contributed by atoms with Crippen molar-refractivity contribution in [2.24, 2.45) is 5.73 Å². The number of nitrogens with two attached hydrogens (primary N) is 1. The number of methoxy groups -OCH3 is 1. The van der Waals surface area contributed by atoms with Gasteiger partial charge in [0.2, 0.25) is 0 Å². The molecule has 0 aromatic carbocycles. The minimum atomic E-state index is 0.381. The summed E-state index contributed by atoms with van der Waals surface area (Å²) in [6, 6.07) is 1.91. The van der Waals surface area contributed by atoms with Crippen LogP contribution in [0.3, 0.4) is 0 Å². The summed E-state index contributed by atoms with van der Waals surface area (Å²) in [5.74, 6) is 1.56. The number of aromatic nitrogens is 1. The van der Waals surface area contributed by atoms with Crippen LogP contribution in [0, 0.1) is 0 Å². The molecule has 14 heavy (non-hydrogen) atoms. The summed E-state index contributed by atoms with van der Waals surface area (Å²) in [6.45, 7) is 0.381. The standard InChI is InChI=1S/C9H10N2O2S/c1-12-6-2-8(14-4-6)9-7(3-10)11-5-13-9/h2,4-5H,3,10H2,1H3. The first kappa shape index (κ1) is 9.23. The van der Waals surface area contributed by atoms with Gasteiger partial charge >= 0.3 is 0 Å². The molecular formula is C9H10N2O2S. The Morgan fingerprint density at radius 2 is 2.50 bits per heavy atom. The molecule has 2 heterocycles. The van der Waals surface area contributed by atoms with E-state index in [1.54, 1.807) is 18.4 Å². The Hall–Kier alpha value is -1.33. The van der Waals surface area contributed by atoms with E-state index < -0.39 is 0 Å². The van der Waals surface area contributed by atoms with Crippen molar-refractivity contribution in [3.63, 3.8) is 0 Å². The molecular weight excluding hydrogens is 200 g/mol. The Bertz CT molecular complexity index is 422. The van der Waals surface area contributed by atoms with Crippen LogP contribution in [0.5, 0.6) is 5.75 Å². The molecule has 0 bridgehead atoms. The van der Waals surface area contributed by atoms with Gasteiger partial charge in [0, 0.05) is 18.0 Å². The molecule has 0 radical (unpaired) electrons. The Labute approximate surface area is 85.3 Å². The molecule has 0 aliphatic rings. The maximum atomic E-state index is 5.52. The second-order valence-electron chi connectivity index (χ2n) is 2.68. The van der Waals surface area contributed by atoms with Crippen LogP contribution in [-0.2, 0) is 6.54 Å². The molecule has 2 rings (SSSR count). The van der Waals surface area contributed by atoms with Crippen LogP contribution in [0.2, 0.25) is 0 Å². The zero-order valence-corrected chi connectivity index (χ0v) is 8.50. The van der Waals surface area contributed by atoms with Gasteiger partial charge in [-0.25, -0.2) is 4.98 Å². The monoisotopic (exact) mass is 210 g/mol. The number of nitrogens with zero attached hydrogens (tertiary/aromatic N) is 1. The van der Waals surface area contributed by atoms with E-state index in [0.717, 1.165) is 22.1 Å². The van der Waals surface area contributed by atoms with Gasteiger partial charge in [0.1, 0.15) is 11.4 Å². The number of rotatable bonds is 3. The van der Waals surface area contributed by atoms with Crippen LogP contribution in [0.25, 0.3) is 10.6 Å². The largest absolute Gasteiger partial charge is 0.496 e. The van der Waals surface area contributed by atoms with Gasteiger partial charge < -0.3 is 14.9 Å². The Morgan fingerprint density at radius 1 is 1.64 bits per heavy atom. The highest BCUT2D eigenvalue weighted by molar-refractivity contribution is 7.13. The highest BCUT2D eigenvalue weighted by Crippen LogP contribution is 2.32. The van der Waals surface area contributed by atoms with Crippen LogP contribution < -0.4 is 10.5 Å². The summed E-state index contributed by atoms with van der Waals surface area (Å²) in [7, 11) is 1.63. The van der Waals surface area contributed by atoms with Crippen LogP contribution in [0.4, 0.5) is 0 Å². The highest BCUT2D eigenvalue weighted by atomic mass is 32.1. The van der Waals surface area contributed by atoms with Crippen molar-refractivity contribution in [3.05, 3.63) is 23.5 Å². The van der Waals surface area contributed by atoms with Crippen LogP contribution >= 0.6 is 11.3 Å². The third kappa shape index (κ3) is 1.51. The molecule has 2 aromatic heterocycles. The average Bonchev–Trinajstić information content (AvgIpc) is 2.85. The van der Waals surface area contributed by atoms with Crippen LogP contribution in [-0.4, -0.2) is 12.1 Å². The number of ether oxygens (including phenoxy) is 1.